The van der Waals surface area contributed by atoms with Crippen LogP contribution in [0.4, 0.5) is 14.5 Å². The Morgan fingerprint density at radius 2 is 1.93 bits per heavy atom. The second-order valence-corrected chi connectivity index (χ2v) is 5.70. The van der Waals surface area contributed by atoms with Crippen molar-refractivity contribution in [1.29, 1.82) is 0 Å². The summed E-state index contributed by atoms with van der Waals surface area (Å²) in [4.78, 5) is 24.1. The molecule has 0 saturated heterocycles. The standard InChI is InChI=1S/C19H15F2N3O3/c1-11-15(21)8-12(19(26)27-2)9-17(11)22-18(25)16-6-7-24(23-16)14-5-3-4-13(20)10-14/h3-10H,1-2H3,(H,22,25). The molecule has 2 aromatic carbocycles. The summed E-state index contributed by atoms with van der Waals surface area (Å²) >= 11 is 0. The molecule has 1 amide bonds. The van der Waals surface area contributed by atoms with Gasteiger partial charge in [-0.3, -0.25) is 4.79 Å². The number of ether oxygens (including phenoxy) is 1. The SMILES string of the molecule is COC(=O)c1cc(F)c(C)c(NC(=O)c2ccn(-c3cccc(F)c3)n2)c1. The fourth-order valence-electron chi connectivity index (χ4n) is 2.44. The van der Waals surface area contributed by atoms with Crippen molar-refractivity contribution in [1.82, 2.24) is 9.78 Å². The maximum absolute atomic E-state index is 14.0. The number of amides is 1. The van der Waals surface area contributed by atoms with E-state index in [-0.39, 0.29) is 22.5 Å². The van der Waals surface area contributed by atoms with Gasteiger partial charge in [0.05, 0.1) is 18.4 Å². The maximum Gasteiger partial charge on any atom is 0.338 e. The summed E-state index contributed by atoms with van der Waals surface area (Å²) in [5.74, 6) is -2.41. The van der Waals surface area contributed by atoms with Crippen molar-refractivity contribution in [3.63, 3.8) is 0 Å². The van der Waals surface area contributed by atoms with E-state index in [0.717, 1.165) is 6.07 Å². The van der Waals surface area contributed by atoms with Gasteiger partial charge < -0.3 is 10.1 Å². The summed E-state index contributed by atoms with van der Waals surface area (Å²) in [5, 5.41) is 6.62. The predicted octanol–water partition coefficient (Wildman–Crippen LogP) is 3.50. The zero-order valence-corrected chi connectivity index (χ0v) is 14.5. The summed E-state index contributed by atoms with van der Waals surface area (Å²) in [6.45, 7) is 1.47. The molecule has 6 nitrogen and oxygen atoms in total. The third-order valence-corrected chi connectivity index (χ3v) is 3.91. The molecule has 27 heavy (non-hydrogen) atoms. The maximum atomic E-state index is 14.0. The van der Waals surface area contributed by atoms with E-state index in [9.17, 15) is 18.4 Å². The first-order valence-corrected chi connectivity index (χ1v) is 7.90. The van der Waals surface area contributed by atoms with Gasteiger partial charge in [-0.2, -0.15) is 5.10 Å². The number of carbonyl (C=O) groups excluding carboxylic acids is 2. The number of benzene rings is 2. The van der Waals surface area contributed by atoms with Gasteiger partial charge in [0.1, 0.15) is 11.6 Å². The first-order valence-electron chi connectivity index (χ1n) is 7.90. The Bertz CT molecular complexity index is 1030. The van der Waals surface area contributed by atoms with E-state index in [1.54, 1.807) is 6.07 Å². The molecule has 0 atom stereocenters. The summed E-state index contributed by atoms with van der Waals surface area (Å²) in [6.07, 6.45) is 1.50. The quantitative estimate of drug-likeness (QED) is 0.713. The van der Waals surface area contributed by atoms with Gasteiger partial charge in [-0.05, 0) is 43.3 Å². The highest BCUT2D eigenvalue weighted by Gasteiger charge is 2.17. The lowest BCUT2D eigenvalue weighted by Crippen LogP contribution is -2.15. The van der Waals surface area contributed by atoms with E-state index < -0.39 is 23.5 Å². The summed E-state index contributed by atoms with van der Waals surface area (Å²) in [6, 6.07) is 9.53. The Labute approximate surface area is 153 Å². The monoisotopic (exact) mass is 371 g/mol. The third-order valence-electron chi connectivity index (χ3n) is 3.91. The van der Waals surface area contributed by atoms with Crippen molar-refractivity contribution in [2.45, 2.75) is 6.92 Å². The molecule has 138 valence electrons. The van der Waals surface area contributed by atoms with E-state index in [1.807, 2.05) is 0 Å². The third kappa shape index (κ3) is 3.84. The first kappa shape index (κ1) is 18.2. The predicted molar refractivity (Wildman–Crippen MR) is 94.0 cm³/mol. The normalized spacial score (nSPS) is 10.5. The topological polar surface area (TPSA) is 73.2 Å². The number of halogens is 2. The van der Waals surface area contributed by atoms with E-state index in [1.165, 1.54) is 55.2 Å². The molecule has 0 saturated carbocycles. The molecule has 1 aromatic heterocycles. The van der Waals surface area contributed by atoms with Crippen LogP contribution in [0.3, 0.4) is 0 Å². The number of aromatic nitrogens is 2. The lowest BCUT2D eigenvalue weighted by molar-refractivity contribution is 0.0600. The zero-order valence-electron chi connectivity index (χ0n) is 14.5. The van der Waals surface area contributed by atoms with Crippen molar-refractivity contribution in [2.24, 2.45) is 0 Å². The van der Waals surface area contributed by atoms with Gasteiger partial charge in [-0.25, -0.2) is 18.3 Å². The van der Waals surface area contributed by atoms with E-state index in [0.29, 0.717) is 5.69 Å². The van der Waals surface area contributed by atoms with Crippen molar-refractivity contribution in [2.75, 3.05) is 12.4 Å². The molecule has 0 aliphatic rings. The summed E-state index contributed by atoms with van der Waals surface area (Å²) in [5.41, 5.74) is 0.758. The van der Waals surface area contributed by atoms with Gasteiger partial charge >= 0.3 is 5.97 Å². The Morgan fingerprint density at radius 1 is 1.15 bits per heavy atom. The smallest absolute Gasteiger partial charge is 0.338 e. The zero-order chi connectivity index (χ0) is 19.6. The van der Waals surface area contributed by atoms with Crippen LogP contribution in [0.15, 0.2) is 48.7 Å². The van der Waals surface area contributed by atoms with Gasteiger partial charge in [0.2, 0.25) is 0 Å². The van der Waals surface area contributed by atoms with Crippen molar-refractivity contribution >= 4 is 17.6 Å². The molecule has 0 spiro atoms. The first-order chi connectivity index (χ1) is 12.9. The highest BCUT2D eigenvalue weighted by molar-refractivity contribution is 6.04. The Hall–Kier alpha value is -3.55. The van der Waals surface area contributed by atoms with E-state index in [4.69, 9.17) is 0 Å². The van der Waals surface area contributed by atoms with Gasteiger partial charge in [-0.15, -0.1) is 0 Å². The van der Waals surface area contributed by atoms with Crippen LogP contribution in [0.25, 0.3) is 5.69 Å². The highest BCUT2D eigenvalue weighted by Crippen LogP contribution is 2.22. The molecule has 0 aliphatic heterocycles. The second-order valence-electron chi connectivity index (χ2n) is 5.70. The molecular weight excluding hydrogens is 356 g/mol. The molecular formula is C19H15F2N3O3. The highest BCUT2D eigenvalue weighted by atomic mass is 19.1. The van der Waals surface area contributed by atoms with Gasteiger partial charge in [0, 0.05) is 17.4 Å². The van der Waals surface area contributed by atoms with Gasteiger partial charge in [-0.1, -0.05) is 6.07 Å². The van der Waals surface area contributed by atoms with Crippen LogP contribution in [-0.2, 0) is 4.74 Å². The molecule has 8 heteroatoms. The number of nitrogens with zero attached hydrogens (tertiary/aromatic N) is 2. The second kappa shape index (κ2) is 7.36. The Balaban J connectivity index is 1.86. The molecule has 0 unspecified atom stereocenters. The van der Waals surface area contributed by atoms with E-state index >= 15 is 0 Å². The minimum Gasteiger partial charge on any atom is -0.465 e. The number of rotatable bonds is 4. The lowest BCUT2D eigenvalue weighted by Gasteiger charge is -2.10. The van der Waals surface area contributed by atoms with Crippen LogP contribution in [0.1, 0.15) is 26.4 Å². The number of hydrogen-bond acceptors (Lipinski definition) is 4. The fourth-order valence-corrected chi connectivity index (χ4v) is 2.44. The van der Waals surface area contributed by atoms with Crippen LogP contribution < -0.4 is 5.32 Å². The molecule has 1 N–H and O–H groups in total. The summed E-state index contributed by atoms with van der Waals surface area (Å²) in [7, 11) is 1.18. The lowest BCUT2D eigenvalue weighted by atomic mass is 10.1. The Kier molecular flexibility index (Phi) is 4.98. The molecule has 0 fully saturated rings. The molecule has 3 rings (SSSR count). The van der Waals surface area contributed by atoms with Crippen LogP contribution in [0.5, 0.6) is 0 Å². The molecule has 3 aromatic rings. The minimum atomic E-state index is -0.722. The Morgan fingerprint density at radius 3 is 2.63 bits per heavy atom. The van der Waals surface area contributed by atoms with Crippen LogP contribution in [0.2, 0.25) is 0 Å². The van der Waals surface area contributed by atoms with Crippen molar-refractivity contribution in [3.8, 4) is 5.69 Å². The number of carbonyl (C=O) groups is 2. The minimum absolute atomic E-state index is 0.0267. The fraction of sp³-hybridized carbons (Fsp3) is 0.105. The number of anilines is 1. The van der Waals surface area contributed by atoms with Gasteiger partial charge in [0.25, 0.3) is 5.91 Å². The largest absolute Gasteiger partial charge is 0.465 e. The molecule has 0 radical (unpaired) electrons. The van der Waals surface area contributed by atoms with Crippen LogP contribution in [0, 0.1) is 18.6 Å². The van der Waals surface area contributed by atoms with Gasteiger partial charge in [0.15, 0.2) is 5.69 Å². The number of esters is 1. The van der Waals surface area contributed by atoms with Crippen molar-refractivity contribution in [3.05, 3.63) is 77.1 Å². The molecule has 1 heterocycles. The molecule has 0 aliphatic carbocycles. The average molecular weight is 371 g/mol. The number of hydrogen-bond donors (Lipinski definition) is 1. The summed E-state index contributed by atoms with van der Waals surface area (Å²) < 4.78 is 33.3. The van der Waals surface area contributed by atoms with E-state index in [2.05, 4.69) is 15.2 Å². The van der Waals surface area contributed by atoms with Crippen LogP contribution >= 0.6 is 0 Å². The molecule has 0 bridgehead atoms. The average Bonchev–Trinajstić information content (AvgIpc) is 3.15. The van der Waals surface area contributed by atoms with Crippen LogP contribution in [-0.4, -0.2) is 28.8 Å². The van der Waals surface area contributed by atoms with Crippen molar-refractivity contribution < 1.29 is 23.1 Å². The number of nitrogens with one attached hydrogen (secondary N) is 1. The number of methoxy groups -OCH3 is 1.